The third kappa shape index (κ3) is 3.81. The minimum Gasteiger partial charge on any atom is -0.384 e. The average molecular weight is 334 g/mol. The summed E-state index contributed by atoms with van der Waals surface area (Å²) in [6.45, 7) is 5.15. The van der Waals surface area contributed by atoms with Crippen molar-refractivity contribution in [2.75, 3.05) is 12.3 Å². The Labute approximate surface area is 128 Å². The molecule has 1 atom stereocenters. The molecule has 0 amide bonds. The molecule has 0 radical (unpaired) electrons. The van der Waals surface area contributed by atoms with Crippen molar-refractivity contribution in [3.05, 3.63) is 57.7 Å². The standard InChI is InChI=1S/C16H20BrN3/c1-3-19-15(8-12-6-7-20-16(18)9-12)13-5-4-11(2)14(17)10-13/h4-7,9-10,15,19H,3,8H2,1-2H3,(H2,18,20). The van der Waals surface area contributed by atoms with E-state index in [0.717, 1.165) is 17.4 Å². The van der Waals surface area contributed by atoms with Crippen molar-refractivity contribution in [2.45, 2.75) is 26.3 Å². The van der Waals surface area contributed by atoms with Gasteiger partial charge < -0.3 is 11.1 Å². The van der Waals surface area contributed by atoms with E-state index in [0.29, 0.717) is 5.82 Å². The van der Waals surface area contributed by atoms with Gasteiger partial charge in [0.2, 0.25) is 0 Å². The summed E-state index contributed by atoms with van der Waals surface area (Å²) in [4.78, 5) is 4.04. The highest BCUT2D eigenvalue weighted by Crippen LogP contribution is 2.24. The molecule has 0 bridgehead atoms. The number of hydrogen-bond acceptors (Lipinski definition) is 3. The van der Waals surface area contributed by atoms with Crippen LogP contribution in [0.25, 0.3) is 0 Å². The monoisotopic (exact) mass is 333 g/mol. The SMILES string of the molecule is CCNC(Cc1ccnc(N)c1)c1ccc(C)c(Br)c1. The van der Waals surface area contributed by atoms with Gasteiger partial charge in [-0.25, -0.2) is 4.98 Å². The van der Waals surface area contributed by atoms with Crippen LogP contribution in [0.5, 0.6) is 0 Å². The first-order valence-corrected chi connectivity index (χ1v) is 7.59. The molecule has 3 nitrogen and oxygen atoms in total. The largest absolute Gasteiger partial charge is 0.384 e. The maximum absolute atomic E-state index is 5.75. The van der Waals surface area contributed by atoms with Crippen LogP contribution in [0.3, 0.4) is 0 Å². The summed E-state index contributed by atoms with van der Waals surface area (Å²) in [6, 6.07) is 10.7. The predicted molar refractivity (Wildman–Crippen MR) is 87.7 cm³/mol. The molecule has 106 valence electrons. The smallest absolute Gasteiger partial charge is 0.123 e. The van der Waals surface area contributed by atoms with Gasteiger partial charge in [0.15, 0.2) is 0 Å². The molecule has 0 aliphatic rings. The number of rotatable bonds is 5. The topological polar surface area (TPSA) is 50.9 Å². The van der Waals surface area contributed by atoms with Crippen LogP contribution in [0, 0.1) is 6.92 Å². The zero-order chi connectivity index (χ0) is 14.5. The highest BCUT2D eigenvalue weighted by Gasteiger charge is 2.12. The molecule has 2 aromatic rings. The molecule has 0 fully saturated rings. The minimum absolute atomic E-state index is 0.277. The zero-order valence-electron chi connectivity index (χ0n) is 11.9. The third-order valence-electron chi connectivity index (χ3n) is 3.33. The lowest BCUT2D eigenvalue weighted by Gasteiger charge is -2.19. The van der Waals surface area contributed by atoms with E-state index < -0.39 is 0 Å². The molecule has 1 aromatic heterocycles. The van der Waals surface area contributed by atoms with Gasteiger partial charge in [-0.15, -0.1) is 0 Å². The Hall–Kier alpha value is -1.39. The Morgan fingerprint density at radius 2 is 2.10 bits per heavy atom. The summed E-state index contributed by atoms with van der Waals surface area (Å²) in [6.07, 6.45) is 2.66. The van der Waals surface area contributed by atoms with Crippen LogP contribution in [-0.2, 0) is 6.42 Å². The first kappa shape index (κ1) is 15.0. The molecule has 0 aliphatic carbocycles. The number of nitrogens with zero attached hydrogens (tertiary/aromatic N) is 1. The molecule has 3 N–H and O–H groups in total. The number of benzene rings is 1. The molecule has 0 saturated heterocycles. The van der Waals surface area contributed by atoms with Crippen LogP contribution in [0.15, 0.2) is 41.0 Å². The minimum atomic E-state index is 0.277. The highest BCUT2D eigenvalue weighted by molar-refractivity contribution is 9.10. The highest BCUT2D eigenvalue weighted by atomic mass is 79.9. The average Bonchev–Trinajstić information content (AvgIpc) is 2.41. The molecule has 2 rings (SSSR count). The lowest BCUT2D eigenvalue weighted by Crippen LogP contribution is -2.23. The molecule has 1 unspecified atom stereocenters. The molecule has 4 heteroatoms. The van der Waals surface area contributed by atoms with Gasteiger partial charge in [0, 0.05) is 16.7 Å². The molecular formula is C16H20BrN3. The van der Waals surface area contributed by atoms with E-state index in [4.69, 9.17) is 5.73 Å². The molecule has 0 saturated carbocycles. The Balaban J connectivity index is 2.24. The zero-order valence-corrected chi connectivity index (χ0v) is 13.4. The molecule has 0 aliphatic heterocycles. The van der Waals surface area contributed by atoms with Crippen molar-refractivity contribution in [1.82, 2.24) is 10.3 Å². The Morgan fingerprint density at radius 3 is 2.75 bits per heavy atom. The predicted octanol–water partition coefficient (Wildman–Crippen LogP) is 3.63. The van der Waals surface area contributed by atoms with Crippen molar-refractivity contribution in [2.24, 2.45) is 0 Å². The van der Waals surface area contributed by atoms with Crippen LogP contribution in [-0.4, -0.2) is 11.5 Å². The van der Waals surface area contributed by atoms with Gasteiger partial charge in [-0.2, -0.15) is 0 Å². The van der Waals surface area contributed by atoms with Gasteiger partial charge in [-0.05, 0) is 54.8 Å². The summed E-state index contributed by atoms with van der Waals surface area (Å²) in [5.74, 6) is 0.572. The fourth-order valence-electron chi connectivity index (χ4n) is 2.24. The van der Waals surface area contributed by atoms with Crippen LogP contribution in [0.1, 0.15) is 29.7 Å². The van der Waals surface area contributed by atoms with Gasteiger partial charge in [0.25, 0.3) is 0 Å². The van der Waals surface area contributed by atoms with Crippen molar-refractivity contribution >= 4 is 21.7 Å². The van der Waals surface area contributed by atoms with E-state index in [1.807, 2.05) is 12.1 Å². The van der Waals surface area contributed by atoms with Crippen molar-refractivity contribution in [3.8, 4) is 0 Å². The van der Waals surface area contributed by atoms with Crippen molar-refractivity contribution in [3.63, 3.8) is 0 Å². The van der Waals surface area contributed by atoms with Gasteiger partial charge in [-0.3, -0.25) is 0 Å². The molecular weight excluding hydrogens is 314 g/mol. The number of pyridine rings is 1. The second-order valence-corrected chi connectivity index (χ2v) is 5.77. The number of aryl methyl sites for hydroxylation is 1. The lowest BCUT2D eigenvalue weighted by atomic mass is 9.98. The van der Waals surface area contributed by atoms with Crippen LogP contribution in [0.2, 0.25) is 0 Å². The van der Waals surface area contributed by atoms with E-state index in [2.05, 4.69) is 58.3 Å². The van der Waals surface area contributed by atoms with E-state index in [9.17, 15) is 0 Å². The first-order valence-electron chi connectivity index (χ1n) is 6.80. The Bertz CT molecular complexity index is 584. The van der Waals surface area contributed by atoms with Gasteiger partial charge in [-0.1, -0.05) is 35.0 Å². The first-order chi connectivity index (χ1) is 9.60. The van der Waals surface area contributed by atoms with E-state index in [1.54, 1.807) is 6.20 Å². The summed E-state index contributed by atoms with van der Waals surface area (Å²) in [5, 5.41) is 3.53. The second kappa shape index (κ2) is 6.86. The maximum atomic E-state index is 5.75. The number of nitrogens with two attached hydrogens (primary N) is 1. The van der Waals surface area contributed by atoms with E-state index >= 15 is 0 Å². The number of anilines is 1. The molecule has 1 heterocycles. The number of aromatic nitrogens is 1. The molecule has 20 heavy (non-hydrogen) atoms. The number of hydrogen-bond donors (Lipinski definition) is 2. The number of nitrogens with one attached hydrogen (secondary N) is 1. The Morgan fingerprint density at radius 1 is 1.30 bits per heavy atom. The fourth-order valence-corrected chi connectivity index (χ4v) is 2.63. The third-order valence-corrected chi connectivity index (χ3v) is 4.19. The van der Waals surface area contributed by atoms with Crippen LogP contribution < -0.4 is 11.1 Å². The number of nitrogen functional groups attached to an aromatic ring is 1. The summed E-state index contributed by atoms with van der Waals surface area (Å²) >= 11 is 3.60. The van der Waals surface area contributed by atoms with Crippen LogP contribution >= 0.6 is 15.9 Å². The van der Waals surface area contributed by atoms with Gasteiger partial charge >= 0.3 is 0 Å². The molecule has 0 spiro atoms. The second-order valence-electron chi connectivity index (χ2n) is 4.91. The van der Waals surface area contributed by atoms with Gasteiger partial charge in [0.1, 0.15) is 5.82 Å². The molecule has 1 aromatic carbocycles. The normalized spacial score (nSPS) is 12.3. The van der Waals surface area contributed by atoms with Gasteiger partial charge in [0.05, 0.1) is 0 Å². The summed E-state index contributed by atoms with van der Waals surface area (Å²) in [7, 11) is 0. The fraction of sp³-hybridized carbons (Fsp3) is 0.312. The van der Waals surface area contributed by atoms with E-state index in [1.165, 1.54) is 16.7 Å². The maximum Gasteiger partial charge on any atom is 0.123 e. The summed E-state index contributed by atoms with van der Waals surface area (Å²) < 4.78 is 1.15. The lowest BCUT2D eigenvalue weighted by molar-refractivity contribution is 0.549. The number of halogens is 1. The van der Waals surface area contributed by atoms with Crippen LogP contribution in [0.4, 0.5) is 5.82 Å². The van der Waals surface area contributed by atoms with Crippen molar-refractivity contribution < 1.29 is 0 Å². The van der Waals surface area contributed by atoms with E-state index in [-0.39, 0.29) is 6.04 Å². The quantitative estimate of drug-likeness (QED) is 0.878. The van der Waals surface area contributed by atoms with Crippen molar-refractivity contribution in [1.29, 1.82) is 0 Å². The number of likely N-dealkylation sites (N-methyl/N-ethyl adjacent to an activating group) is 1. The Kier molecular flexibility index (Phi) is 5.15. The summed E-state index contributed by atoms with van der Waals surface area (Å²) in [5.41, 5.74) is 9.47.